The van der Waals surface area contributed by atoms with Crippen molar-refractivity contribution in [3.05, 3.63) is 69.2 Å². The Labute approximate surface area is 256 Å². The van der Waals surface area contributed by atoms with E-state index in [0.717, 1.165) is 37.1 Å². The number of nitrogens with zero attached hydrogens (tertiary/aromatic N) is 2. The predicted molar refractivity (Wildman–Crippen MR) is 154 cm³/mol. The molecule has 2 amide bonds. The number of hydrogen-bond donors (Lipinski definition) is 4. The maximum absolute atomic E-state index is 13.0. The Balaban J connectivity index is 1.38. The lowest BCUT2D eigenvalue weighted by Gasteiger charge is -2.13. The summed E-state index contributed by atoms with van der Waals surface area (Å²) in [6, 6.07) is 8.16. The van der Waals surface area contributed by atoms with Crippen LogP contribution >= 0.6 is 23.2 Å². The van der Waals surface area contributed by atoms with E-state index >= 15 is 0 Å². The maximum Gasteiger partial charge on any atom is 0.416 e. The Hall–Kier alpha value is -4.17. The van der Waals surface area contributed by atoms with Gasteiger partial charge in [-0.3, -0.25) is 9.59 Å². The van der Waals surface area contributed by atoms with Crippen LogP contribution in [0.25, 0.3) is 11.2 Å². The summed E-state index contributed by atoms with van der Waals surface area (Å²) in [5.74, 6) is -0.937. The number of rotatable bonds is 11. The number of hydrogen-bond acceptors (Lipinski definition) is 6. The highest BCUT2D eigenvalue weighted by Crippen LogP contribution is 2.36. The van der Waals surface area contributed by atoms with Gasteiger partial charge in [0.25, 0.3) is 12.3 Å². The highest BCUT2D eigenvalue weighted by molar-refractivity contribution is 6.39. The van der Waals surface area contributed by atoms with Crippen molar-refractivity contribution in [1.29, 1.82) is 0 Å². The van der Waals surface area contributed by atoms with Gasteiger partial charge in [-0.1, -0.05) is 29.3 Å². The number of pyridine rings is 1. The van der Waals surface area contributed by atoms with E-state index in [4.69, 9.17) is 27.9 Å². The van der Waals surface area contributed by atoms with Crippen LogP contribution in [0.3, 0.4) is 0 Å². The molecule has 1 aliphatic rings. The van der Waals surface area contributed by atoms with Crippen LogP contribution in [0.15, 0.2) is 42.5 Å². The molecular weight excluding hydrogens is 634 g/mol. The molecule has 0 atom stereocenters. The second-order valence-corrected chi connectivity index (χ2v) is 10.8. The first kappa shape index (κ1) is 31.3. The third kappa shape index (κ3) is 7.66. The molecule has 4 aromatic rings. The van der Waals surface area contributed by atoms with Crippen molar-refractivity contribution in [1.82, 2.24) is 20.3 Å². The third-order valence-corrected chi connectivity index (χ3v) is 7.31. The van der Waals surface area contributed by atoms with Crippen molar-refractivity contribution < 1.29 is 36.3 Å². The number of imidazole rings is 1. The number of fused-ring (bicyclic) bond motifs is 1. The highest BCUT2D eigenvalue weighted by Gasteiger charge is 2.30. The number of carbonyl (C=O) groups excluding carboxylic acids is 2. The quantitative estimate of drug-likeness (QED) is 0.125. The number of alkyl halides is 5. The number of halogens is 7. The van der Waals surface area contributed by atoms with E-state index in [1.165, 1.54) is 6.07 Å². The van der Waals surface area contributed by atoms with Crippen LogP contribution in [0.4, 0.5) is 39.3 Å². The molecule has 44 heavy (non-hydrogen) atoms. The van der Waals surface area contributed by atoms with Crippen molar-refractivity contribution in [3.8, 4) is 5.88 Å². The van der Waals surface area contributed by atoms with Gasteiger partial charge in [0.15, 0.2) is 12.3 Å². The van der Waals surface area contributed by atoms with E-state index in [9.17, 15) is 31.5 Å². The molecular formula is C28H23Cl2F5N6O3. The molecule has 2 aromatic heterocycles. The summed E-state index contributed by atoms with van der Waals surface area (Å²) in [7, 11) is 0. The van der Waals surface area contributed by atoms with E-state index < -0.39 is 36.6 Å². The first-order valence-electron chi connectivity index (χ1n) is 13.2. The van der Waals surface area contributed by atoms with Gasteiger partial charge in [-0.15, -0.1) is 0 Å². The van der Waals surface area contributed by atoms with E-state index in [2.05, 4.69) is 30.9 Å². The lowest BCUT2D eigenvalue weighted by molar-refractivity contribution is -0.137. The van der Waals surface area contributed by atoms with E-state index in [1.54, 1.807) is 12.1 Å². The van der Waals surface area contributed by atoms with E-state index in [0.29, 0.717) is 17.9 Å². The number of nitrogens with one attached hydrogen (secondary N) is 4. The lowest BCUT2D eigenvalue weighted by atomic mass is 10.2. The molecule has 1 saturated carbocycles. The Morgan fingerprint density at radius 1 is 1.07 bits per heavy atom. The van der Waals surface area contributed by atoms with Crippen molar-refractivity contribution in [2.75, 3.05) is 17.2 Å². The lowest BCUT2D eigenvalue weighted by Crippen LogP contribution is -2.23. The number of aromatic nitrogens is 3. The zero-order valence-corrected chi connectivity index (χ0v) is 24.0. The van der Waals surface area contributed by atoms with Crippen molar-refractivity contribution in [2.24, 2.45) is 5.92 Å². The molecule has 0 spiro atoms. The molecule has 0 aliphatic heterocycles. The van der Waals surface area contributed by atoms with Gasteiger partial charge in [-0.25, -0.2) is 8.78 Å². The van der Waals surface area contributed by atoms with Crippen LogP contribution in [-0.2, 0) is 17.5 Å². The van der Waals surface area contributed by atoms with Gasteiger partial charge in [0.2, 0.25) is 17.7 Å². The minimum absolute atomic E-state index is 0.0152. The Morgan fingerprint density at radius 2 is 1.80 bits per heavy atom. The van der Waals surface area contributed by atoms with Crippen LogP contribution < -0.4 is 20.7 Å². The SMILES string of the molecule is O=C(CC1CC1)NCc1ccc(Cl)c(Nc2nc3nc(OCC(F)F)c(C(=O)Nc4ccc(C(F)(F)F)cc4)cc3[nH]2)c1Cl. The molecule has 0 unspecified atom stereocenters. The Bertz CT molecular complexity index is 1690. The molecule has 0 radical (unpaired) electrons. The first-order chi connectivity index (χ1) is 20.9. The number of H-pyrrole nitrogens is 1. The zero-order valence-electron chi connectivity index (χ0n) is 22.5. The van der Waals surface area contributed by atoms with Gasteiger partial charge >= 0.3 is 6.18 Å². The number of amides is 2. The van der Waals surface area contributed by atoms with Crippen molar-refractivity contribution in [3.63, 3.8) is 0 Å². The standard InChI is InChI=1S/C28H23Cl2F5N6O3/c29-18-8-3-14(11-36-21(42)9-13-1-2-13)22(30)23(18)39-27-38-19-10-17(26(40-24(19)41-27)44-12-20(31)32)25(43)37-16-6-4-15(5-7-16)28(33,34)35/h3-8,10,13,20H,1-2,9,11-12H2,(H,36,42)(H,37,43)(H2,38,39,40,41). The number of benzene rings is 2. The summed E-state index contributed by atoms with van der Waals surface area (Å²) in [6.07, 6.45) is -4.91. The van der Waals surface area contributed by atoms with Crippen LogP contribution in [0.2, 0.25) is 10.0 Å². The summed E-state index contributed by atoms with van der Waals surface area (Å²) in [4.78, 5) is 36.4. The molecule has 9 nitrogen and oxygen atoms in total. The van der Waals surface area contributed by atoms with Gasteiger partial charge < -0.3 is 25.7 Å². The van der Waals surface area contributed by atoms with E-state index in [1.807, 2.05) is 0 Å². The van der Waals surface area contributed by atoms with Crippen LogP contribution in [0.5, 0.6) is 5.88 Å². The Kier molecular flexibility index (Phi) is 9.11. The molecule has 0 saturated heterocycles. The highest BCUT2D eigenvalue weighted by atomic mass is 35.5. The van der Waals surface area contributed by atoms with Crippen LogP contribution in [0, 0.1) is 5.92 Å². The second kappa shape index (κ2) is 12.8. The summed E-state index contributed by atoms with van der Waals surface area (Å²) < 4.78 is 69.6. The molecule has 4 N–H and O–H groups in total. The fraction of sp³-hybridized carbons (Fsp3) is 0.286. The van der Waals surface area contributed by atoms with Gasteiger partial charge in [-0.05, 0) is 60.7 Å². The average Bonchev–Trinajstić information content (AvgIpc) is 3.69. The predicted octanol–water partition coefficient (Wildman–Crippen LogP) is 7.34. The molecule has 2 heterocycles. The van der Waals surface area contributed by atoms with Gasteiger partial charge in [0.1, 0.15) is 5.56 Å². The fourth-order valence-corrected chi connectivity index (χ4v) is 4.69. The molecule has 1 fully saturated rings. The number of aromatic amines is 1. The normalized spacial score (nSPS) is 13.3. The summed E-state index contributed by atoms with van der Waals surface area (Å²) in [5, 5.41) is 8.62. The molecule has 5 rings (SSSR count). The van der Waals surface area contributed by atoms with Crippen LogP contribution in [-0.4, -0.2) is 39.8 Å². The molecule has 16 heteroatoms. The largest absolute Gasteiger partial charge is 0.471 e. The minimum atomic E-state index is -4.57. The van der Waals surface area contributed by atoms with Gasteiger partial charge in [0, 0.05) is 18.7 Å². The topological polar surface area (TPSA) is 121 Å². The van der Waals surface area contributed by atoms with Crippen LogP contribution in [0.1, 0.15) is 40.7 Å². The second-order valence-electron chi connectivity index (χ2n) is 9.97. The number of carbonyl (C=O) groups is 2. The first-order valence-corrected chi connectivity index (χ1v) is 13.9. The average molecular weight is 657 g/mol. The summed E-state index contributed by atoms with van der Waals surface area (Å²) >= 11 is 12.9. The fourth-order valence-electron chi connectivity index (χ4n) is 4.16. The number of ether oxygens (including phenoxy) is 1. The summed E-state index contributed by atoms with van der Waals surface area (Å²) in [5.41, 5.74) is -0.168. The molecule has 0 bridgehead atoms. The van der Waals surface area contributed by atoms with Crippen molar-refractivity contribution in [2.45, 2.75) is 38.4 Å². The minimum Gasteiger partial charge on any atom is -0.471 e. The van der Waals surface area contributed by atoms with Gasteiger partial charge in [0.05, 0.1) is 26.8 Å². The Morgan fingerprint density at radius 3 is 2.45 bits per heavy atom. The van der Waals surface area contributed by atoms with Crippen molar-refractivity contribution >= 4 is 63.5 Å². The number of anilines is 3. The third-order valence-electron chi connectivity index (χ3n) is 6.56. The zero-order chi connectivity index (χ0) is 31.6. The molecule has 232 valence electrons. The molecule has 2 aromatic carbocycles. The maximum atomic E-state index is 13.0. The summed E-state index contributed by atoms with van der Waals surface area (Å²) in [6.45, 7) is -0.913. The smallest absolute Gasteiger partial charge is 0.416 e. The molecule has 1 aliphatic carbocycles. The van der Waals surface area contributed by atoms with E-state index in [-0.39, 0.29) is 56.5 Å². The monoisotopic (exact) mass is 656 g/mol. The van der Waals surface area contributed by atoms with Gasteiger partial charge in [-0.2, -0.15) is 23.1 Å².